The van der Waals surface area contributed by atoms with Crippen LogP contribution in [0, 0.1) is 0 Å². The first kappa shape index (κ1) is 14.6. The van der Waals surface area contributed by atoms with Crippen LogP contribution in [0.2, 0.25) is 0 Å². The van der Waals surface area contributed by atoms with Crippen LogP contribution < -0.4 is 10.1 Å². The van der Waals surface area contributed by atoms with Gasteiger partial charge in [0.15, 0.2) is 0 Å². The number of rotatable bonds is 7. The van der Waals surface area contributed by atoms with Gasteiger partial charge in [-0.25, -0.2) is 0 Å². The molecule has 2 rings (SSSR count). The third-order valence-electron chi connectivity index (χ3n) is 3.23. The van der Waals surface area contributed by atoms with Crippen molar-refractivity contribution in [1.82, 2.24) is 5.32 Å². The Balaban J connectivity index is 2.34. The molecule has 0 spiro atoms. The van der Waals surface area contributed by atoms with E-state index in [2.05, 4.69) is 61.6 Å². The average molecular weight is 269 g/mol. The fraction of sp³-hybridized carbons (Fsp3) is 0.333. The standard InChI is InChI=1S/C18H23NO/c1-3-14-20-17-13-9-8-12-16(17)18(19-4-2)15-10-6-5-7-11-15/h5-13,18-19H,3-4,14H2,1-2H3. The molecule has 1 unspecified atom stereocenters. The largest absolute Gasteiger partial charge is 0.493 e. The average Bonchev–Trinajstić information content (AvgIpc) is 2.52. The van der Waals surface area contributed by atoms with E-state index < -0.39 is 0 Å². The van der Waals surface area contributed by atoms with Crippen molar-refractivity contribution in [1.29, 1.82) is 0 Å². The van der Waals surface area contributed by atoms with Crippen LogP contribution in [0.15, 0.2) is 54.6 Å². The summed E-state index contributed by atoms with van der Waals surface area (Å²) < 4.78 is 5.90. The molecule has 0 bridgehead atoms. The van der Waals surface area contributed by atoms with E-state index in [0.717, 1.165) is 25.3 Å². The second-order valence-corrected chi connectivity index (χ2v) is 4.79. The van der Waals surface area contributed by atoms with E-state index in [1.807, 2.05) is 12.1 Å². The van der Waals surface area contributed by atoms with Gasteiger partial charge in [0, 0.05) is 5.56 Å². The molecule has 2 heteroatoms. The second-order valence-electron chi connectivity index (χ2n) is 4.79. The van der Waals surface area contributed by atoms with Gasteiger partial charge in [0.2, 0.25) is 0 Å². The summed E-state index contributed by atoms with van der Waals surface area (Å²) in [6.45, 7) is 5.93. The Bertz CT molecular complexity index is 510. The Morgan fingerprint density at radius 3 is 2.35 bits per heavy atom. The number of hydrogen-bond donors (Lipinski definition) is 1. The number of ether oxygens (including phenoxy) is 1. The third-order valence-corrected chi connectivity index (χ3v) is 3.23. The van der Waals surface area contributed by atoms with Gasteiger partial charge in [0.25, 0.3) is 0 Å². The smallest absolute Gasteiger partial charge is 0.124 e. The number of benzene rings is 2. The molecule has 2 nitrogen and oxygen atoms in total. The van der Waals surface area contributed by atoms with Crippen LogP contribution in [0.3, 0.4) is 0 Å². The Labute approximate surface area is 121 Å². The lowest BCUT2D eigenvalue weighted by atomic mass is 9.98. The van der Waals surface area contributed by atoms with Gasteiger partial charge in [-0.1, -0.05) is 62.4 Å². The van der Waals surface area contributed by atoms with E-state index >= 15 is 0 Å². The van der Waals surface area contributed by atoms with Crippen LogP contribution in [0.4, 0.5) is 0 Å². The molecule has 0 aliphatic rings. The van der Waals surface area contributed by atoms with E-state index in [1.54, 1.807) is 0 Å². The Hall–Kier alpha value is -1.80. The summed E-state index contributed by atoms with van der Waals surface area (Å²) in [5.74, 6) is 0.976. The molecule has 106 valence electrons. The van der Waals surface area contributed by atoms with Crippen molar-refractivity contribution >= 4 is 0 Å². The molecule has 1 atom stereocenters. The predicted octanol–water partition coefficient (Wildman–Crippen LogP) is 4.17. The van der Waals surface area contributed by atoms with Crippen molar-refractivity contribution < 1.29 is 4.74 Å². The highest BCUT2D eigenvalue weighted by atomic mass is 16.5. The maximum Gasteiger partial charge on any atom is 0.124 e. The molecule has 2 aromatic carbocycles. The summed E-state index contributed by atoms with van der Waals surface area (Å²) in [6.07, 6.45) is 1.02. The highest BCUT2D eigenvalue weighted by molar-refractivity contribution is 5.41. The molecular formula is C18H23NO. The van der Waals surface area contributed by atoms with Crippen molar-refractivity contribution in [2.75, 3.05) is 13.2 Å². The highest BCUT2D eigenvalue weighted by Gasteiger charge is 2.16. The number of para-hydroxylation sites is 1. The minimum atomic E-state index is 0.175. The van der Waals surface area contributed by atoms with Gasteiger partial charge in [0.1, 0.15) is 5.75 Å². The molecule has 0 aliphatic carbocycles. The van der Waals surface area contributed by atoms with Crippen molar-refractivity contribution in [3.8, 4) is 5.75 Å². The second kappa shape index (κ2) is 7.71. The molecule has 0 saturated heterocycles. The van der Waals surface area contributed by atoms with E-state index in [1.165, 1.54) is 11.1 Å². The number of nitrogens with one attached hydrogen (secondary N) is 1. The van der Waals surface area contributed by atoms with E-state index in [-0.39, 0.29) is 6.04 Å². The summed E-state index contributed by atoms with van der Waals surface area (Å²) >= 11 is 0. The van der Waals surface area contributed by atoms with Gasteiger partial charge in [-0.2, -0.15) is 0 Å². The van der Waals surface area contributed by atoms with Crippen LogP contribution in [-0.4, -0.2) is 13.2 Å². The summed E-state index contributed by atoms with van der Waals surface area (Å²) in [6, 6.07) is 19.0. The summed E-state index contributed by atoms with van der Waals surface area (Å²) in [7, 11) is 0. The normalized spacial score (nSPS) is 12.1. The van der Waals surface area contributed by atoms with Crippen LogP contribution in [0.25, 0.3) is 0 Å². The molecule has 20 heavy (non-hydrogen) atoms. The van der Waals surface area contributed by atoms with Crippen molar-refractivity contribution in [3.05, 3.63) is 65.7 Å². The van der Waals surface area contributed by atoms with Crippen molar-refractivity contribution in [3.63, 3.8) is 0 Å². The maximum atomic E-state index is 5.90. The molecule has 0 saturated carbocycles. The van der Waals surface area contributed by atoms with E-state index in [4.69, 9.17) is 4.74 Å². The molecule has 0 radical (unpaired) electrons. The molecule has 1 N–H and O–H groups in total. The van der Waals surface area contributed by atoms with Gasteiger partial charge in [0.05, 0.1) is 12.6 Å². The van der Waals surface area contributed by atoms with Gasteiger partial charge in [-0.3, -0.25) is 0 Å². The topological polar surface area (TPSA) is 21.3 Å². The first-order chi connectivity index (χ1) is 9.86. The lowest BCUT2D eigenvalue weighted by Gasteiger charge is -2.22. The van der Waals surface area contributed by atoms with Crippen LogP contribution in [0.5, 0.6) is 5.75 Å². The van der Waals surface area contributed by atoms with Crippen molar-refractivity contribution in [2.24, 2.45) is 0 Å². The molecular weight excluding hydrogens is 246 g/mol. The molecule has 0 aliphatic heterocycles. The Morgan fingerprint density at radius 1 is 0.950 bits per heavy atom. The zero-order valence-electron chi connectivity index (χ0n) is 12.3. The van der Waals surface area contributed by atoms with Gasteiger partial charge >= 0.3 is 0 Å². The lowest BCUT2D eigenvalue weighted by Crippen LogP contribution is -2.22. The van der Waals surface area contributed by atoms with Gasteiger partial charge in [-0.05, 0) is 24.6 Å². The SMILES string of the molecule is CCCOc1ccccc1C(NCC)c1ccccc1. The van der Waals surface area contributed by atoms with Gasteiger partial charge in [-0.15, -0.1) is 0 Å². The summed E-state index contributed by atoms with van der Waals surface area (Å²) in [4.78, 5) is 0. The lowest BCUT2D eigenvalue weighted by molar-refractivity contribution is 0.312. The molecule has 0 amide bonds. The third kappa shape index (κ3) is 3.61. The first-order valence-electron chi connectivity index (χ1n) is 7.36. The molecule has 0 aromatic heterocycles. The van der Waals surface area contributed by atoms with E-state index in [9.17, 15) is 0 Å². The Kier molecular flexibility index (Phi) is 5.63. The fourth-order valence-electron chi connectivity index (χ4n) is 2.32. The predicted molar refractivity (Wildman–Crippen MR) is 84.2 cm³/mol. The Morgan fingerprint density at radius 2 is 1.65 bits per heavy atom. The summed E-state index contributed by atoms with van der Waals surface area (Å²) in [5.41, 5.74) is 2.47. The molecule has 0 heterocycles. The molecule has 0 fully saturated rings. The minimum absolute atomic E-state index is 0.175. The van der Waals surface area contributed by atoms with Crippen molar-refractivity contribution in [2.45, 2.75) is 26.3 Å². The maximum absolute atomic E-state index is 5.90. The zero-order valence-corrected chi connectivity index (χ0v) is 12.3. The monoisotopic (exact) mass is 269 g/mol. The van der Waals surface area contributed by atoms with Crippen LogP contribution >= 0.6 is 0 Å². The van der Waals surface area contributed by atoms with E-state index in [0.29, 0.717) is 0 Å². The molecule has 2 aromatic rings. The highest BCUT2D eigenvalue weighted by Crippen LogP contribution is 2.30. The zero-order chi connectivity index (χ0) is 14.2. The quantitative estimate of drug-likeness (QED) is 0.814. The first-order valence-corrected chi connectivity index (χ1v) is 7.36. The number of hydrogen-bond acceptors (Lipinski definition) is 2. The van der Waals surface area contributed by atoms with Gasteiger partial charge < -0.3 is 10.1 Å². The fourth-order valence-corrected chi connectivity index (χ4v) is 2.32. The van der Waals surface area contributed by atoms with Crippen LogP contribution in [-0.2, 0) is 0 Å². The minimum Gasteiger partial charge on any atom is -0.493 e. The summed E-state index contributed by atoms with van der Waals surface area (Å²) in [5, 5.41) is 3.55. The van der Waals surface area contributed by atoms with Crippen LogP contribution in [0.1, 0.15) is 37.4 Å².